The van der Waals surface area contributed by atoms with Gasteiger partial charge in [-0.15, -0.1) is 0 Å². The first-order chi connectivity index (χ1) is 5.62. The number of carbonyl (C=O) groups excluding carboxylic acids is 3. The molecule has 0 aliphatic carbocycles. The Balaban J connectivity index is 2.27. The fourth-order valence-corrected chi connectivity index (χ4v) is 1.57. The van der Waals surface area contributed by atoms with Crippen LogP contribution in [-0.4, -0.2) is 24.4 Å². The maximum absolute atomic E-state index is 11.1. The van der Waals surface area contributed by atoms with Gasteiger partial charge in [0.05, 0.1) is 6.42 Å². The van der Waals surface area contributed by atoms with Crippen molar-refractivity contribution in [1.82, 2.24) is 5.32 Å². The number of hydrogen-bond acceptors (Lipinski definition) is 4. The number of ether oxygens (including phenoxy) is 1. The molecule has 2 rings (SSSR count). The molecule has 2 aliphatic rings. The van der Waals surface area contributed by atoms with Crippen LogP contribution < -0.4 is 5.32 Å². The number of amides is 1. The zero-order valence-electron chi connectivity index (χ0n) is 6.25. The summed E-state index contributed by atoms with van der Waals surface area (Å²) in [6.45, 7) is 0.233. The van der Waals surface area contributed by atoms with Crippen molar-refractivity contribution in [1.29, 1.82) is 0 Å². The highest BCUT2D eigenvalue weighted by atomic mass is 16.6. The van der Waals surface area contributed by atoms with Crippen LogP contribution in [0.2, 0.25) is 0 Å². The normalized spacial score (nSPS) is 34.2. The zero-order chi connectivity index (χ0) is 8.77. The highest BCUT2D eigenvalue weighted by molar-refractivity contribution is 6.01. The summed E-state index contributed by atoms with van der Waals surface area (Å²) in [5.74, 6) is -1.29. The SMILES string of the molecule is O=C1C[C@@]2(CN1)CC(=O)OC2=O. The largest absolute Gasteiger partial charge is 0.393 e. The second kappa shape index (κ2) is 2.06. The molecule has 1 N–H and O–H groups in total. The molecule has 1 atom stereocenters. The van der Waals surface area contributed by atoms with E-state index >= 15 is 0 Å². The first kappa shape index (κ1) is 7.27. The van der Waals surface area contributed by atoms with Crippen LogP contribution in [0, 0.1) is 5.41 Å². The molecule has 0 bridgehead atoms. The second-order valence-corrected chi connectivity index (χ2v) is 3.17. The summed E-state index contributed by atoms with van der Waals surface area (Å²) in [5.41, 5.74) is -0.881. The van der Waals surface area contributed by atoms with Crippen LogP contribution in [0.15, 0.2) is 0 Å². The van der Waals surface area contributed by atoms with E-state index in [-0.39, 0.29) is 25.3 Å². The van der Waals surface area contributed by atoms with Crippen LogP contribution >= 0.6 is 0 Å². The highest BCUT2D eigenvalue weighted by Gasteiger charge is 2.53. The lowest BCUT2D eigenvalue weighted by molar-refractivity contribution is -0.155. The Hall–Kier alpha value is -1.39. The van der Waals surface area contributed by atoms with Crippen molar-refractivity contribution in [2.45, 2.75) is 12.8 Å². The van der Waals surface area contributed by atoms with E-state index in [2.05, 4.69) is 10.1 Å². The monoisotopic (exact) mass is 169 g/mol. The topological polar surface area (TPSA) is 72.5 Å². The van der Waals surface area contributed by atoms with Crippen LogP contribution in [0.5, 0.6) is 0 Å². The molecule has 2 aliphatic heterocycles. The Morgan fingerprint density at radius 1 is 1.25 bits per heavy atom. The smallest absolute Gasteiger partial charge is 0.322 e. The lowest BCUT2D eigenvalue weighted by atomic mass is 9.86. The van der Waals surface area contributed by atoms with E-state index in [1.165, 1.54) is 0 Å². The number of esters is 2. The van der Waals surface area contributed by atoms with Crippen molar-refractivity contribution in [3.63, 3.8) is 0 Å². The fraction of sp³-hybridized carbons (Fsp3) is 0.571. The molecular formula is C7H7NO4. The Morgan fingerprint density at radius 2 is 2.00 bits per heavy atom. The minimum absolute atomic E-state index is 0.0323. The maximum Gasteiger partial charge on any atom is 0.322 e. The van der Waals surface area contributed by atoms with Gasteiger partial charge >= 0.3 is 11.9 Å². The van der Waals surface area contributed by atoms with Crippen molar-refractivity contribution < 1.29 is 19.1 Å². The molecule has 12 heavy (non-hydrogen) atoms. The van der Waals surface area contributed by atoms with Gasteiger partial charge in [0.1, 0.15) is 5.41 Å². The summed E-state index contributed by atoms with van der Waals surface area (Å²) in [6, 6.07) is 0. The molecule has 1 amide bonds. The molecule has 2 fully saturated rings. The van der Waals surface area contributed by atoms with Gasteiger partial charge in [0.15, 0.2) is 0 Å². The Kier molecular flexibility index (Phi) is 1.25. The van der Waals surface area contributed by atoms with E-state index in [9.17, 15) is 14.4 Å². The molecule has 5 nitrogen and oxygen atoms in total. The summed E-state index contributed by atoms with van der Waals surface area (Å²) in [7, 11) is 0. The first-order valence-electron chi connectivity index (χ1n) is 3.64. The van der Waals surface area contributed by atoms with Gasteiger partial charge in [0.2, 0.25) is 5.91 Å². The highest BCUT2D eigenvalue weighted by Crippen LogP contribution is 2.36. The van der Waals surface area contributed by atoms with Gasteiger partial charge in [-0.2, -0.15) is 0 Å². The van der Waals surface area contributed by atoms with E-state index in [4.69, 9.17) is 0 Å². The summed E-state index contributed by atoms with van der Waals surface area (Å²) < 4.78 is 4.38. The molecule has 0 aromatic rings. The van der Waals surface area contributed by atoms with Crippen LogP contribution in [0.1, 0.15) is 12.8 Å². The molecule has 0 radical (unpaired) electrons. The quantitative estimate of drug-likeness (QED) is 0.371. The molecule has 64 valence electrons. The Bertz CT molecular complexity index is 281. The molecule has 2 saturated heterocycles. The van der Waals surface area contributed by atoms with Crippen molar-refractivity contribution in [3.05, 3.63) is 0 Å². The van der Waals surface area contributed by atoms with Gasteiger partial charge in [-0.05, 0) is 0 Å². The Labute approximate surface area is 68.1 Å². The van der Waals surface area contributed by atoms with Gasteiger partial charge in [-0.3, -0.25) is 14.4 Å². The summed E-state index contributed by atoms with van der Waals surface area (Å²) in [6.07, 6.45) is 0.113. The number of hydrogen-bond donors (Lipinski definition) is 1. The third-order valence-electron chi connectivity index (χ3n) is 2.25. The van der Waals surface area contributed by atoms with Crippen molar-refractivity contribution in [3.8, 4) is 0 Å². The van der Waals surface area contributed by atoms with Crippen LogP contribution in [0.25, 0.3) is 0 Å². The van der Waals surface area contributed by atoms with Gasteiger partial charge in [0, 0.05) is 13.0 Å². The lowest BCUT2D eigenvalue weighted by Gasteiger charge is -2.11. The van der Waals surface area contributed by atoms with Gasteiger partial charge in [0.25, 0.3) is 0 Å². The van der Waals surface area contributed by atoms with Crippen LogP contribution in [0.3, 0.4) is 0 Å². The number of cyclic esters (lactones) is 2. The summed E-state index contributed by atoms with van der Waals surface area (Å²) in [5, 5.41) is 2.51. The first-order valence-corrected chi connectivity index (χ1v) is 3.64. The molecule has 1 spiro atoms. The average Bonchev–Trinajstić information content (AvgIpc) is 2.43. The summed E-state index contributed by atoms with van der Waals surface area (Å²) in [4.78, 5) is 32.7. The zero-order valence-corrected chi connectivity index (χ0v) is 6.25. The van der Waals surface area contributed by atoms with Crippen LogP contribution in [0.4, 0.5) is 0 Å². The predicted molar refractivity (Wildman–Crippen MR) is 35.8 cm³/mol. The average molecular weight is 169 g/mol. The molecule has 5 heteroatoms. The summed E-state index contributed by atoms with van der Waals surface area (Å²) >= 11 is 0. The molecule has 0 aromatic heterocycles. The maximum atomic E-state index is 11.1. The standard InChI is InChI=1S/C7H7NO4/c9-4-1-7(3-8-4)2-5(10)12-6(7)11/h1-3H2,(H,8,9)/t7-/m0/s1. The molecule has 0 saturated carbocycles. The van der Waals surface area contributed by atoms with E-state index in [1.54, 1.807) is 0 Å². The third kappa shape index (κ3) is 0.823. The minimum atomic E-state index is -0.881. The minimum Gasteiger partial charge on any atom is -0.393 e. The Morgan fingerprint density at radius 3 is 2.42 bits per heavy atom. The van der Waals surface area contributed by atoms with E-state index in [1.807, 2.05) is 0 Å². The molecule has 2 heterocycles. The molecule has 0 unspecified atom stereocenters. The van der Waals surface area contributed by atoms with Crippen molar-refractivity contribution >= 4 is 17.8 Å². The predicted octanol–water partition coefficient (Wildman–Crippen LogP) is -1.03. The van der Waals surface area contributed by atoms with Gasteiger partial charge < -0.3 is 10.1 Å². The van der Waals surface area contributed by atoms with Gasteiger partial charge in [-0.1, -0.05) is 0 Å². The van der Waals surface area contributed by atoms with E-state index in [0.717, 1.165) is 0 Å². The molecule has 0 aromatic carbocycles. The molecular weight excluding hydrogens is 162 g/mol. The van der Waals surface area contributed by atoms with Gasteiger partial charge in [-0.25, -0.2) is 0 Å². The lowest BCUT2D eigenvalue weighted by Crippen LogP contribution is -2.28. The second-order valence-electron chi connectivity index (χ2n) is 3.17. The van der Waals surface area contributed by atoms with E-state index in [0.29, 0.717) is 0 Å². The van der Waals surface area contributed by atoms with Crippen molar-refractivity contribution in [2.75, 3.05) is 6.54 Å². The third-order valence-corrected chi connectivity index (χ3v) is 2.25. The van der Waals surface area contributed by atoms with Crippen LogP contribution in [-0.2, 0) is 19.1 Å². The van der Waals surface area contributed by atoms with E-state index < -0.39 is 17.4 Å². The van der Waals surface area contributed by atoms with Crippen molar-refractivity contribution in [2.24, 2.45) is 5.41 Å². The number of rotatable bonds is 0. The number of carbonyl (C=O) groups is 3. The fourth-order valence-electron chi connectivity index (χ4n) is 1.57. The number of nitrogens with one attached hydrogen (secondary N) is 1.